The zero-order chi connectivity index (χ0) is 47.9. The van der Waals surface area contributed by atoms with Crippen LogP contribution in [0.3, 0.4) is 0 Å². The third-order valence-electron chi connectivity index (χ3n) is 10.2. The monoisotopic (exact) mass is 909 g/mol. The molecule has 1 unspecified atom stereocenters. The van der Waals surface area contributed by atoms with Crippen molar-refractivity contribution in [3.63, 3.8) is 0 Å². The van der Waals surface area contributed by atoms with Crippen molar-refractivity contribution in [3.05, 3.63) is 146 Å². The Balaban J connectivity index is 4.63. The van der Waals surface area contributed by atoms with Crippen LogP contribution in [0, 0.1) is 0 Å². The molecule has 368 valence electrons. The first kappa shape index (κ1) is 61.3. The number of hydrogen-bond donors (Lipinski definition) is 0. The maximum absolute atomic E-state index is 12.8. The molecule has 0 aromatic carbocycles. The molecule has 0 aliphatic carbocycles. The van der Waals surface area contributed by atoms with E-state index in [-0.39, 0.29) is 50.4 Å². The number of ether oxygens (including phenoxy) is 3. The molecule has 0 saturated carbocycles. The average Bonchev–Trinajstić information content (AvgIpc) is 3.31. The fraction of sp³-hybridized carbons (Fsp3) is 0.550. The molecule has 0 fully saturated rings. The molecular formula is C60H92O6. The van der Waals surface area contributed by atoms with Gasteiger partial charge in [-0.05, 0) is 109 Å². The number of hydrogen-bond acceptors (Lipinski definition) is 6. The number of carbonyl (C=O) groups is 3. The van der Waals surface area contributed by atoms with Crippen molar-refractivity contribution >= 4 is 17.9 Å². The molecule has 0 amide bonds. The van der Waals surface area contributed by atoms with Crippen molar-refractivity contribution < 1.29 is 28.6 Å². The Morgan fingerprint density at radius 3 is 1.17 bits per heavy atom. The summed E-state index contributed by atoms with van der Waals surface area (Å²) in [4.78, 5) is 38.0. The fourth-order valence-electron chi connectivity index (χ4n) is 6.35. The summed E-state index contributed by atoms with van der Waals surface area (Å²) in [6, 6.07) is 0. The smallest absolute Gasteiger partial charge is 0.306 e. The van der Waals surface area contributed by atoms with Crippen LogP contribution in [0.1, 0.15) is 194 Å². The third-order valence-corrected chi connectivity index (χ3v) is 10.2. The van der Waals surface area contributed by atoms with Gasteiger partial charge in [0.05, 0.1) is 0 Å². The first-order chi connectivity index (χ1) is 32.5. The van der Waals surface area contributed by atoms with E-state index in [9.17, 15) is 14.4 Å². The van der Waals surface area contributed by atoms with Crippen molar-refractivity contribution in [1.29, 1.82) is 0 Å². The van der Waals surface area contributed by atoms with E-state index in [4.69, 9.17) is 14.2 Å². The minimum atomic E-state index is -0.839. The Morgan fingerprint density at radius 1 is 0.333 bits per heavy atom. The predicted molar refractivity (Wildman–Crippen MR) is 283 cm³/mol. The summed E-state index contributed by atoms with van der Waals surface area (Å²) >= 11 is 0. The van der Waals surface area contributed by atoms with Gasteiger partial charge >= 0.3 is 17.9 Å². The largest absolute Gasteiger partial charge is 0.462 e. The van der Waals surface area contributed by atoms with Crippen molar-refractivity contribution in [2.75, 3.05) is 13.2 Å². The topological polar surface area (TPSA) is 78.9 Å². The lowest BCUT2D eigenvalue weighted by atomic mass is 10.1. The van der Waals surface area contributed by atoms with Crippen LogP contribution in [0.5, 0.6) is 0 Å². The second-order valence-corrected chi connectivity index (χ2v) is 16.4. The highest BCUT2D eigenvalue weighted by molar-refractivity contribution is 5.71. The van der Waals surface area contributed by atoms with E-state index in [2.05, 4.69) is 118 Å². The van der Waals surface area contributed by atoms with E-state index in [1.54, 1.807) is 0 Å². The Kier molecular flexibility index (Phi) is 49.1. The van der Waals surface area contributed by atoms with E-state index in [0.717, 1.165) is 89.9 Å². The molecule has 0 saturated heterocycles. The van der Waals surface area contributed by atoms with Crippen molar-refractivity contribution in [2.45, 2.75) is 200 Å². The van der Waals surface area contributed by atoms with Gasteiger partial charge in [0.25, 0.3) is 0 Å². The van der Waals surface area contributed by atoms with Gasteiger partial charge in [-0.2, -0.15) is 0 Å². The maximum atomic E-state index is 12.8. The fourth-order valence-corrected chi connectivity index (χ4v) is 6.35. The van der Waals surface area contributed by atoms with E-state index in [1.807, 2.05) is 48.6 Å². The Labute approximate surface area is 404 Å². The van der Waals surface area contributed by atoms with Crippen LogP contribution in [0.2, 0.25) is 0 Å². The number of allylic oxidation sites excluding steroid dienone is 24. The number of esters is 3. The van der Waals surface area contributed by atoms with Gasteiger partial charge in [-0.1, -0.05) is 212 Å². The lowest BCUT2D eigenvalue weighted by Crippen LogP contribution is -2.30. The standard InChI is InChI=1S/C60H92O6/c1-4-7-10-13-16-19-22-25-28-30-33-35-38-41-44-47-50-53-59(62)65-56-57(55-64-58(61)52-49-46-43-40-37-34-31-27-24-21-18-15-12-9-6-3)66-60(63)54-51-48-45-42-39-36-32-29-26-23-20-17-14-11-8-5-2/h8-9,11-12,15,17-18,20-21,24-29,31,33-37,39,41,44,57H,4-7,10,13-14,16,19,22-23,30,32,38,40,42-43,45-56H2,1-3H3/b11-8-,12-9-,18-15-,20-17-,24-21-,28-25-,29-26-,31-27-,35-33-,37-34-,39-36-,44-41-. The summed E-state index contributed by atoms with van der Waals surface area (Å²) in [5.41, 5.74) is 0. The van der Waals surface area contributed by atoms with Crippen LogP contribution in [-0.2, 0) is 28.6 Å². The molecule has 0 radical (unpaired) electrons. The van der Waals surface area contributed by atoms with E-state index in [1.165, 1.54) is 44.9 Å². The summed E-state index contributed by atoms with van der Waals surface area (Å²) in [5, 5.41) is 0. The summed E-state index contributed by atoms with van der Waals surface area (Å²) in [6.45, 7) is 6.24. The molecule has 0 heterocycles. The van der Waals surface area contributed by atoms with Gasteiger partial charge in [0, 0.05) is 19.3 Å². The van der Waals surface area contributed by atoms with Gasteiger partial charge in [-0.25, -0.2) is 0 Å². The molecule has 0 aromatic heterocycles. The Morgan fingerprint density at radius 2 is 0.682 bits per heavy atom. The second kappa shape index (κ2) is 52.9. The predicted octanol–water partition coefficient (Wildman–Crippen LogP) is 17.3. The zero-order valence-electron chi connectivity index (χ0n) is 41.9. The minimum Gasteiger partial charge on any atom is -0.462 e. The van der Waals surface area contributed by atoms with Gasteiger partial charge in [-0.3, -0.25) is 14.4 Å². The zero-order valence-corrected chi connectivity index (χ0v) is 41.9. The highest BCUT2D eigenvalue weighted by Crippen LogP contribution is 2.11. The number of rotatable bonds is 44. The van der Waals surface area contributed by atoms with Gasteiger partial charge in [0.2, 0.25) is 0 Å². The van der Waals surface area contributed by atoms with E-state index in [0.29, 0.717) is 19.3 Å². The second-order valence-electron chi connectivity index (χ2n) is 16.4. The van der Waals surface area contributed by atoms with Crippen LogP contribution in [-0.4, -0.2) is 37.2 Å². The normalized spacial score (nSPS) is 13.3. The quantitative estimate of drug-likeness (QED) is 0.0199. The molecule has 0 aliphatic rings. The molecule has 66 heavy (non-hydrogen) atoms. The van der Waals surface area contributed by atoms with Gasteiger partial charge < -0.3 is 14.2 Å². The van der Waals surface area contributed by atoms with E-state index >= 15 is 0 Å². The molecule has 1 atom stereocenters. The molecule has 0 N–H and O–H groups in total. The molecule has 0 bridgehead atoms. The third kappa shape index (κ3) is 50.3. The average molecular weight is 909 g/mol. The summed E-state index contributed by atoms with van der Waals surface area (Å²) in [5.74, 6) is -1.07. The summed E-state index contributed by atoms with van der Waals surface area (Å²) in [7, 11) is 0. The number of carbonyl (C=O) groups excluding carboxylic acids is 3. The van der Waals surface area contributed by atoms with Crippen LogP contribution in [0.4, 0.5) is 0 Å². The Hall–Kier alpha value is -4.71. The minimum absolute atomic E-state index is 0.135. The highest BCUT2D eigenvalue weighted by atomic mass is 16.6. The van der Waals surface area contributed by atoms with Crippen molar-refractivity contribution in [3.8, 4) is 0 Å². The van der Waals surface area contributed by atoms with Gasteiger partial charge in [0.1, 0.15) is 13.2 Å². The molecule has 0 aliphatic heterocycles. The lowest BCUT2D eigenvalue weighted by molar-refractivity contribution is -0.167. The lowest BCUT2D eigenvalue weighted by Gasteiger charge is -2.18. The summed E-state index contributed by atoms with van der Waals surface area (Å²) in [6.07, 6.45) is 75.5. The molecule has 0 spiro atoms. The maximum Gasteiger partial charge on any atom is 0.306 e. The van der Waals surface area contributed by atoms with Crippen LogP contribution >= 0.6 is 0 Å². The first-order valence-corrected chi connectivity index (χ1v) is 25.9. The molecule has 6 heteroatoms. The van der Waals surface area contributed by atoms with Crippen molar-refractivity contribution in [1.82, 2.24) is 0 Å². The SMILES string of the molecule is CC\C=C/C=C\C=C/C=C\C=C/CCCCCC(=O)OCC(COC(=O)CCC/C=C\C/C=C\C/C=C\CCCCCCCC)OC(=O)CCCCC/C=C\C/C=C\C/C=C\C/C=C\CC. The summed E-state index contributed by atoms with van der Waals surface area (Å²) < 4.78 is 16.7. The first-order valence-electron chi connectivity index (χ1n) is 25.9. The number of unbranched alkanes of at least 4 members (excludes halogenated alkanes) is 13. The van der Waals surface area contributed by atoms with Crippen molar-refractivity contribution in [2.24, 2.45) is 0 Å². The molecular weight excluding hydrogens is 817 g/mol. The van der Waals surface area contributed by atoms with Crippen LogP contribution < -0.4 is 0 Å². The Bertz CT molecular complexity index is 1510. The highest BCUT2D eigenvalue weighted by Gasteiger charge is 2.19. The molecule has 6 nitrogen and oxygen atoms in total. The van der Waals surface area contributed by atoms with Gasteiger partial charge in [0.15, 0.2) is 6.10 Å². The van der Waals surface area contributed by atoms with Gasteiger partial charge in [-0.15, -0.1) is 0 Å². The molecule has 0 aromatic rings. The van der Waals surface area contributed by atoms with E-state index < -0.39 is 6.10 Å². The van der Waals surface area contributed by atoms with Crippen LogP contribution in [0.25, 0.3) is 0 Å². The van der Waals surface area contributed by atoms with Crippen LogP contribution in [0.15, 0.2) is 146 Å². The molecule has 0 rings (SSSR count).